The minimum Gasteiger partial charge on any atom is -0.309 e. The molecule has 1 aromatic rings. The number of hydrogen-bond donors (Lipinski definition) is 0. The van der Waals surface area contributed by atoms with Gasteiger partial charge in [-0.15, -0.1) is 10.2 Å². The van der Waals surface area contributed by atoms with Gasteiger partial charge in [0.2, 0.25) is 0 Å². The van der Waals surface area contributed by atoms with Crippen LogP contribution in [0.2, 0.25) is 0 Å². The normalized spacial score (nSPS) is 14.5. The summed E-state index contributed by atoms with van der Waals surface area (Å²) in [7, 11) is 0. The van der Waals surface area contributed by atoms with E-state index >= 15 is 0 Å². The summed E-state index contributed by atoms with van der Waals surface area (Å²) in [5.74, 6) is 3.11. The Hall–Kier alpha value is -0.380. The van der Waals surface area contributed by atoms with Gasteiger partial charge in [0.25, 0.3) is 0 Å². The van der Waals surface area contributed by atoms with E-state index in [0.717, 1.165) is 17.0 Å². The third kappa shape index (κ3) is 2.65. The van der Waals surface area contributed by atoms with Crippen molar-refractivity contribution in [1.82, 2.24) is 14.8 Å². The first kappa shape index (κ1) is 13.7. The summed E-state index contributed by atoms with van der Waals surface area (Å²) in [6.45, 7) is 13.2. The number of rotatable bonds is 3. The highest BCUT2D eigenvalue weighted by Gasteiger charge is 2.26. The summed E-state index contributed by atoms with van der Waals surface area (Å²) >= 11 is 3.48. The number of alkyl halides is 1. The van der Waals surface area contributed by atoms with Gasteiger partial charge >= 0.3 is 0 Å². The van der Waals surface area contributed by atoms with Crippen molar-refractivity contribution in [2.45, 2.75) is 58.3 Å². The molecule has 0 amide bonds. The topological polar surface area (TPSA) is 30.7 Å². The van der Waals surface area contributed by atoms with Gasteiger partial charge in [-0.2, -0.15) is 0 Å². The molecule has 0 saturated heterocycles. The maximum atomic E-state index is 4.36. The molecular formula is C12H22BrN3. The summed E-state index contributed by atoms with van der Waals surface area (Å²) in [4.78, 5) is 0. The van der Waals surface area contributed by atoms with E-state index in [1.165, 1.54) is 0 Å². The monoisotopic (exact) mass is 287 g/mol. The lowest BCUT2D eigenvalue weighted by molar-refractivity contribution is 0.352. The molecule has 16 heavy (non-hydrogen) atoms. The molecule has 0 fully saturated rings. The molecule has 1 aromatic heterocycles. The third-order valence-electron chi connectivity index (χ3n) is 2.95. The fraction of sp³-hybridized carbons (Fsp3) is 0.833. The number of hydrogen-bond acceptors (Lipinski definition) is 2. The molecular weight excluding hydrogens is 266 g/mol. The standard InChI is InChI=1S/C12H22BrN3/c1-8(2)9(3)11-15-14-10(7-13)16(11)12(4,5)6/h8-9H,7H2,1-6H3. The van der Waals surface area contributed by atoms with Crippen LogP contribution in [0.1, 0.15) is 59.1 Å². The fourth-order valence-electron chi connectivity index (χ4n) is 1.74. The average molecular weight is 288 g/mol. The van der Waals surface area contributed by atoms with E-state index in [9.17, 15) is 0 Å². The summed E-state index contributed by atoms with van der Waals surface area (Å²) < 4.78 is 2.26. The van der Waals surface area contributed by atoms with Crippen molar-refractivity contribution in [3.63, 3.8) is 0 Å². The van der Waals surface area contributed by atoms with Gasteiger partial charge in [-0.3, -0.25) is 0 Å². The molecule has 92 valence electrons. The van der Waals surface area contributed by atoms with Crippen LogP contribution in [-0.2, 0) is 10.9 Å². The summed E-state index contributed by atoms with van der Waals surface area (Å²) in [5.41, 5.74) is 0.0328. The number of aromatic nitrogens is 3. The zero-order valence-corrected chi connectivity index (χ0v) is 12.7. The van der Waals surface area contributed by atoms with Crippen LogP contribution >= 0.6 is 15.9 Å². The summed E-state index contributed by atoms with van der Waals surface area (Å²) in [6, 6.07) is 0. The van der Waals surface area contributed by atoms with Gasteiger partial charge < -0.3 is 4.57 Å². The highest BCUT2D eigenvalue weighted by molar-refractivity contribution is 9.08. The average Bonchev–Trinajstić information content (AvgIpc) is 2.58. The minimum absolute atomic E-state index is 0.0328. The predicted octanol–water partition coefficient (Wildman–Crippen LogP) is 3.69. The summed E-state index contributed by atoms with van der Waals surface area (Å²) in [6.07, 6.45) is 0. The van der Waals surface area contributed by atoms with Crippen LogP contribution in [0, 0.1) is 5.92 Å². The van der Waals surface area contributed by atoms with Crippen molar-refractivity contribution >= 4 is 15.9 Å². The van der Waals surface area contributed by atoms with Gasteiger partial charge in [-0.25, -0.2) is 0 Å². The molecule has 0 aliphatic carbocycles. The molecule has 1 unspecified atom stereocenters. The Bertz CT molecular complexity index is 350. The van der Waals surface area contributed by atoms with Crippen LogP contribution in [0.4, 0.5) is 0 Å². The van der Waals surface area contributed by atoms with E-state index in [0.29, 0.717) is 11.8 Å². The summed E-state index contributed by atoms with van der Waals surface area (Å²) in [5, 5.41) is 9.38. The molecule has 1 rings (SSSR count). The lowest BCUT2D eigenvalue weighted by atomic mass is 9.96. The molecule has 0 bridgehead atoms. The van der Waals surface area contributed by atoms with Crippen molar-refractivity contribution in [3.8, 4) is 0 Å². The molecule has 0 aliphatic rings. The SMILES string of the molecule is CC(C)C(C)c1nnc(CBr)n1C(C)(C)C. The first-order valence-electron chi connectivity index (χ1n) is 5.79. The van der Waals surface area contributed by atoms with Crippen LogP contribution < -0.4 is 0 Å². The van der Waals surface area contributed by atoms with Crippen molar-refractivity contribution < 1.29 is 0 Å². The molecule has 1 heterocycles. The minimum atomic E-state index is 0.0328. The molecule has 0 saturated carbocycles. The molecule has 3 nitrogen and oxygen atoms in total. The van der Waals surface area contributed by atoms with E-state index in [4.69, 9.17) is 0 Å². The highest BCUT2D eigenvalue weighted by atomic mass is 79.9. The van der Waals surface area contributed by atoms with Crippen molar-refractivity contribution in [3.05, 3.63) is 11.6 Å². The predicted molar refractivity (Wildman–Crippen MR) is 70.9 cm³/mol. The Labute approximate surface area is 107 Å². The first-order chi connectivity index (χ1) is 7.29. The largest absolute Gasteiger partial charge is 0.309 e. The molecule has 0 aliphatic heterocycles. The van der Waals surface area contributed by atoms with Crippen molar-refractivity contribution in [2.75, 3.05) is 0 Å². The number of halogens is 1. The molecule has 0 aromatic carbocycles. The van der Waals surface area contributed by atoms with E-state index in [1.54, 1.807) is 0 Å². The zero-order chi connectivity index (χ0) is 12.5. The smallest absolute Gasteiger partial charge is 0.144 e. The van der Waals surface area contributed by atoms with Gasteiger partial charge in [0.05, 0.1) is 5.33 Å². The van der Waals surface area contributed by atoms with E-state index in [1.807, 2.05) is 0 Å². The second kappa shape index (κ2) is 4.86. The van der Waals surface area contributed by atoms with Gasteiger partial charge in [-0.05, 0) is 26.7 Å². The van der Waals surface area contributed by atoms with Crippen molar-refractivity contribution in [2.24, 2.45) is 5.92 Å². The first-order valence-corrected chi connectivity index (χ1v) is 6.91. The Morgan fingerprint density at radius 3 is 2.12 bits per heavy atom. The van der Waals surface area contributed by atoms with Crippen LogP contribution in [0.15, 0.2) is 0 Å². The Morgan fingerprint density at radius 1 is 1.19 bits per heavy atom. The molecule has 0 radical (unpaired) electrons. The molecule has 4 heteroatoms. The van der Waals surface area contributed by atoms with E-state index in [-0.39, 0.29) is 5.54 Å². The maximum Gasteiger partial charge on any atom is 0.144 e. The Morgan fingerprint density at radius 2 is 1.75 bits per heavy atom. The lowest BCUT2D eigenvalue weighted by Gasteiger charge is -2.27. The van der Waals surface area contributed by atoms with E-state index < -0.39 is 0 Å². The van der Waals surface area contributed by atoms with Crippen LogP contribution in [0.25, 0.3) is 0 Å². The lowest BCUT2D eigenvalue weighted by Crippen LogP contribution is -2.27. The van der Waals surface area contributed by atoms with Crippen molar-refractivity contribution in [1.29, 1.82) is 0 Å². The number of nitrogens with zero attached hydrogens (tertiary/aromatic N) is 3. The van der Waals surface area contributed by atoms with Crippen LogP contribution in [0.5, 0.6) is 0 Å². The zero-order valence-electron chi connectivity index (χ0n) is 11.1. The van der Waals surface area contributed by atoms with Gasteiger partial charge in [0.1, 0.15) is 11.6 Å². The maximum absolute atomic E-state index is 4.36. The van der Waals surface area contributed by atoms with Gasteiger partial charge in [0.15, 0.2) is 0 Å². The highest BCUT2D eigenvalue weighted by Crippen LogP contribution is 2.28. The molecule has 0 N–H and O–H groups in total. The van der Waals surface area contributed by atoms with E-state index in [2.05, 4.69) is 72.2 Å². The van der Waals surface area contributed by atoms with Gasteiger partial charge in [-0.1, -0.05) is 36.7 Å². The molecule has 1 atom stereocenters. The second-order valence-electron chi connectivity index (χ2n) is 5.65. The molecule has 0 spiro atoms. The van der Waals surface area contributed by atoms with Crippen LogP contribution in [0.3, 0.4) is 0 Å². The quantitative estimate of drug-likeness (QED) is 0.794. The van der Waals surface area contributed by atoms with Crippen LogP contribution in [-0.4, -0.2) is 14.8 Å². The Balaban J connectivity index is 3.25. The third-order valence-corrected chi connectivity index (χ3v) is 3.45. The Kier molecular flexibility index (Phi) is 4.16. The second-order valence-corrected chi connectivity index (χ2v) is 6.21. The van der Waals surface area contributed by atoms with Gasteiger partial charge in [0, 0.05) is 11.5 Å². The fourth-order valence-corrected chi connectivity index (χ4v) is 2.10.